The molecule has 17 heavy (non-hydrogen) atoms. The van der Waals surface area contributed by atoms with Crippen LogP contribution in [-0.4, -0.2) is 27.0 Å². The van der Waals surface area contributed by atoms with Gasteiger partial charge in [-0.05, 0) is 37.9 Å². The maximum absolute atomic E-state index is 12.1. The third-order valence-electron chi connectivity index (χ3n) is 4.06. The smallest absolute Gasteiger partial charge is 0.298 e. The van der Waals surface area contributed by atoms with E-state index in [1.807, 2.05) is 6.92 Å². The normalized spacial score (nSPS) is 23.5. The Kier molecular flexibility index (Phi) is 4.41. The fourth-order valence-corrected chi connectivity index (χ4v) is 2.64. The largest absolute Gasteiger partial charge is 0.519 e. The van der Waals surface area contributed by atoms with Crippen molar-refractivity contribution in [2.45, 2.75) is 64.8 Å². The Bertz CT molecular complexity index is 275. The van der Waals surface area contributed by atoms with E-state index in [1.165, 1.54) is 0 Å². The molecule has 1 aliphatic heterocycles. The molecule has 1 rings (SSSR count). The molecule has 0 radical (unpaired) electrons. The maximum atomic E-state index is 12.1. The van der Waals surface area contributed by atoms with Gasteiger partial charge in [-0.1, -0.05) is 20.8 Å². The van der Waals surface area contributed by atoms with Crippen molar-refractivity contribution in [2.75, 3.05) is 6.61 Å². The van der Waals surface area contributed by atoms with E-state index in [0.29, 0.717) is 0 Å². The lowest BCUT2D eigenvalue weighted by molar-refractivity contribution is -0.143. The Labute approximate surface area is 106 Å². The second-order valence-electron chi connectivity index (χ2n) is 6.52. The van der Waals surface area contributed by atoms with Crippen molar-refractivity contribution < 1.29 is 14.0 Å². The van der Waals surface area contributed by atoms with Gasteiger partial charge >= 0.3 is 0 Å². The molecule has 0 amide bonds. The van der Waals surface area contributed by atoms with Gasteiger partial charge in [0.2, 0.25) is 0 Å². The fraction of sp³-hybridized carbons (Fsp3) is 0.923. The van der Waals surface area contributed by atoms with Crippen molar-refractivity contribution in [1.29, 1.82) is 0 Å². The van der Waals surface area contributed by atoms with Gasteiger partial charge in [0.25, 0.3) is 14.3 Å². The average molecular weight is 258 g/mol. The zero-order valence-electron chi connectivity index (χ0n) is 12.0. The van der Waals surface area contributed by atoms with Gasteiger partial charge in [-0.2, -0.15) is 0 Å². The minimum absolute atomic E-state index is 0.0623. The molecule has 0 spiro atoms. The first-order valence-corrected chi connectivity index (χ1v) is 9.40. The molecule has 0 bridgehead atoms. The summed E-state index contributed by atoms with van der Waals surface area (Å²) in [4.78, 5) is 12.1. The zero-order chi connectivity index (χ0) is 13.3. The lowest BCUT2D eigenvalue weighted by Gasteiger charge is -2.36. The van der Waals surface area contributed by atoms with E-state index in [-0.39, 0.29) is 23.0 Å². The summed E-state index contributed by atoms with van der Waals surface area (Å²) in [5.41, 5.74) is 0. The minimum atomic E-state index is -1.99. The third kappa shape index (κ3) is 3.55. The molecule has 0 aliphatic carbocycles. The maximum Gasteiger partial charge on any atom is 0.298 e. The molecule has 2 atom stereocenters. The van der Waals surface area contributed by atoms with Crippen molar-refractivity contribution in [1.82, 2.24) is 0 Å². The summed E-state index contributed by atoms with van der Waals surface area (Å²) in [5, 5.41) is 0.0684. The van der Waals surface area contributed by atoms with E-state index in [4.69, 9.17) is 9.16 Å². The number of carbonyl (C=O) groups is 1. The molecule has 1 saturated heterocycles. The van der Waals surface area contributed by atoms with Gasteiger partial charge in [-0.15, -0.1) is 0 Å². The van der Waals surface area contributed by atoms with E-state index >= 15 is 0 Å². The molecule has 1 heterocycles. The Morgan fingerprint density at radius 1 is 1.41 bits per heavy atom. The fourth-order valence-electron chi connectivity index (χ4n) is 1.65. The Morgan fingerprint density at radius 2 is 2.00 bits per heavy atom. The third-order valence-corrected chi connectivity index (χ3v) is 8.38. The summed E-state index contributed by atoms with van der Waals surface area (Å²) >= 11 is 0. The number of ether oxygens (including phenoxy) is 1. The van der Waals surface area contributed by atoms with Crippen LogP contribution < -0.4 is 0 Å². The van der Waals surface area contributed by atoms with E-state index < -0.39 is 8.32 Å². The molecule has 0 unspecified atom stereocenters. The van der Waals surface area contributed by atoms with Crippen LogP contribution in [0.5, 0.6) is 0 Å². The van der Waals surface area contributed by atoms with Crippen LogP contribution in [0.1, 0.15) is 40.5 Å². The molecule has 1 fully saturated rings. The second-order valence-corrected chi connectivity index (χ2v) is 11.2. The van der Waals surface area contributed by atoms with Crippen LogP contribution in [0.3, 0.4) is 0 Å². The summed E-state index contributed by atoms with van der Waals surface area (Å²) in [7, 11) is -1.99. The summed E-state index contributed by atoms with van der Waals surface area (Å²) in [6.07, 6.45) is 2.10. The predicted molar refractivity (Wildman–Crippen MR) is 71.4 cm³/mol. The Balaban J connectivity index is 2.59. The van der Waals surface area contributed by atoms with Gasteiger partial charge < -0.3 is 9.16 Å². The topological polar surface area (TPSA) is 35.5 Å². The molecular formula is C13H26O3Si. The van der Waals surface area contributed by atoms with Crippen LogP contribution in [0, 0.1) is 5.92 Å². The van der Waals surface area contributed by atoms with Crippen LogP contribution in [0.2, 0.25) is 18.1 Å². The number of rotatable bonds is 3. The summed E-state index contributed by atoms with van der Waals surface area (Å²) < 4.78 is 11.3. The summed E-state index contributed by atoms with van der Waals surface area (Å²) in [5.74, 6) is -0.213. The summed E-state index contributed by atoms with van der Waals surface area (Å²) in [6.45, 7) is 13.3. The number of hydrogen-bond donors (Lipinski definition) is 0. The Morgan fingerprint density at radius 3 is 2.41 bits per heavy atom. The first kappa shape index (κ1) is 14.7. The molecule has 0 saturated carbocycles. The van der Waals surface area contributed by atoms with E-state index in [9.17, 15) is 4.79 Å². The highest BCUT2D eigenvalue weighted by Gasteiger charge is 2.42. The van der Waals surface area contributed by atoms with Gasteiger partial charge in [-0.25, -0.2) is 0 Å². The van der Waals surface area contributed by atoms with Gasteiger partial charge in [0.15, 0.2) is 0 Å². The summed E-state index contributed by atoms with van der Waals surface area (Å²) in [6, 6.07) is 0. The first-order valence-electron chi connectivity index (χ1n) is 6.49. The lowest BCUT2D eigenvalue weighted by Crippen LogP contribution is -2.45. The highest BCUT2D eigenvalue weighted by atomic mass is 28.4. The highest BCUT2D eigenvalue weighted by Crippen LogP contribution is 2.37. The molecule has 3 nitrogen and oxygen atoms in total. The van der Waals surface area contributed by atoms with E-state index in [2.05, 4.69) is 33.9 Å². The SMILES string of the molecule is C[C@H](C(=O)O[Si](C)(C)C(C)(C)C)[C@@H]1CCCO1. The van der Waals surface area contributed by atoms with Crippen molar-refractivity contribution in [3.05, 3.63) is 0 Å². The van der Waals surface area contributed by atoms with Crippen LogP contribution >= 0.6 is 0 Å². The van der Waals surface area contributed by atoms with Gasteiger partial charge in [0.05, 0.1) is 12.0 Å². The van der Waals surface area contributed by atoms with E-state index in [1.54, 1.807) is 0 Å². The molecule has 0 N–H and O–H groups in total. The average Bonchev–Trinajstić information content (AvgIpc) is 2.66. The highest BCUT2D eigenvalue weighted by molar-refractivity contribution is 6.75. The van der Waals surface area contributed by atoms with Crippen molar-refractivity contribution in [3.63, 3.8) is 0 Å². The van der Waals surface area contributed by atoms with Gasteiger partial charge in [0.1, 0.15) is 0 Å². The monoisotopic (exact) mass is 258 g/mol. The van der Waals surface area contributed by atoms with Crippen molar-refractivity contribution >= 4 is 14.3 Å². The molecule has 0 aromatic carbocycles. The van der Waals surface area contributed by atoms with Gasteiger partial charge in [0, 0.05) is 6.61 Å². The number of hydrogen-bond acceptors (Lipinski definition) is 3. The molecule has 0 aromatic heterocycles. The molecule has 4 heteroatoms. The quantitative estimate of drug-likeness (QED) is 0.728. The standard InChI is InChI=1S/C13H26O3Si/c1-10(11-8-7-9-15-11)12(14)16-17(5,6)13(2,3)4/h10-11H,7-9H2,1-6H3/t10-,11-/m0/s1. The van der Waals surface area contributed by atoms with Gasteiger partial charge in [-0.3, -0.25) is 4.79 Å². The second kappa shape index (κ2) is 5.10. The number of carbonyl (C=O) groups excluding carboxylic acids is 1. The van der Waals surface area contributed by atoms with Crippen LogP contribution in [0.25, 0.3) is 0 Å². The zero-order valence-corrected chi connectivity index (χ0v) is 13.0. The first-order chi connectivity index (χ1) is 7.65. The van der Waals surface area contributed by atoms with E-state index in [0.717, 1.165) is 19.4 Å². The molecule has 1 aliphatic rings. The minimum Gasteiger partial charge on any atom is -0.519 e. The van der Waals surface area contributed by atoms with Crippen molar-refractivity contribution in [2.24, 2.45) is 5.92 Å². The Hall–Kier alpha value is -0.353. The predicted octanol–water partition coefficient (Wildman–Crippen LogP) is 3.35. The molecular weight excluding hydrogens is 232 g/mol. The lowest BCUT2D eigenvalue weighted by atomic mass is 10.0. The van der Waals surface area contributed by atoms with Crippen LogP contribution in [0.15, 0.2) is 0 Å². The van der Waals surface area contributed by atoms with Crippen LogP contribution in [-0.2, 0) is 14.0 Å². The van der Waals surface area contributed by atoms with Crippen LogP contribution in [0.4, 0.5) is 0 Å². The van der Waals surface area contributed by atoms with Crippen molar-refractivity contribution in [3.8, 4) is 0 Å². The molecule has 100 valence electrons. The molecule has 0 aromatic rings.